The lowest BCUT2D eigenvalue weighted by Crippen LogP contribution is -2.39. The molecule has 2 rings (SSSR count). The van der Waals surface area contributed by atoms with E-state index in [2.05, 4.69) is 36.6 Å². The Bertz CT molecular complexity index is 417. The third kappa shape index (κ3) is 3.03. The Balaban J connectivity index is 1.90. The van der Waals surface area contributed by atoms with Crippen LogP contribution in [-0.2, 0) is 11.2 Å². The molecule has 2 N–H and O–H groups in total. The summed E-state index contributed by atoms with van der Waals surface area (Å²) in [5.41, 5.74) is 2.41. The first-order chi connectivity index (χ1) is 8.70. The summed E-state index contributed by atoms with van der Waals surface area (Å²) < 4.78 is 0. The summed E-state index contributed by atoms with van der Waals surface area (Å²) in [5.74, 6) is 0.791. The molecule has 98 valence electrons. The van der Waals surface area contributed by atoms with Crippen LogP contribution in [0.4, 0.5) is 5.69 Å². The van der Waals surface area contributed by atoms with E-state index >= 15 is 0 Å². The number of para-hydroxylation sites is 1. The molecular formula is C15H22N2O. The van der Waals surface area contributed by atoms with Crippen LogP contribution in [0.2, 0.25) is 0 Å². The second-order valence-corrected chi connectivity index (χ2v) is 5.20. The molecule has 0 aliphatic carbocycles. The number of carbonyl (C=O) groups excluding carboxylic acids is 1. The molecule has 3 heteroatoms. The zero-order valence-electron chi connectivity index (χ0n) is 11.2. The Labute approximate surface area is 109 Å². The highest BCUT2D eigenvalue weighted by molar-refractivity contribution is 5.80. The van der Waals surface area contributed by atoms with Crippen LogP contribution in [0.3, 0.4) is 0 Å². The number of nitrogens with one attached hydrogen (secondary N) is 2. The molecule has 1 heterocycles. The fourth-order valence-corrected chi connectivity index (χ4v) is 2.19. The minimum absolute atomic E-state index is 0.0592. The molecule has 1 aromatic rings. The molecule has 0 saturated carbocycles. The first-order valence-corrected chi connectivity index (χ1v) is 6.80. The van der Waals surface area contributed by atoms with Gasteiger partial charge in [0.25, 0.3) is 0 Å². The van der Waals surface area contributed by atoms with E-state index in [0.717, 1.165) is 25.9 Å². The third-order valence-electron chi connectivity index (χ3n) is 3.72. The van der Waals surface area contributed by atoms with Crippen molar-refractivity contribution in [2.45, 2.75) is 26.7 Å². The van der Waals surface area contributed by atoms with Crippen molar-refractivity contribution in [3.8, 4) is 0 Å². The van der Waals surface area contributed by atoms with E-state index in [9.17, 15) is 4.79 Å². The Kier molecular flexibility index (Phi) is 4.24. The number of fused-ring (bicyclic) bond motifs is 1. The molecule has 18 heavy (non-hydrogen) atoms. The third-order valence-corrected chi connectivity index (χ3v) is 3.72. The lowest BCUT2D eigenvalue weighted by atomic mass is 9.93. The summed E-state index contributed by atoms with van der Waals surface area (Å²) in [4.78, 5) is 12.1. The average molecular weight is 246 g/mol. The van der Waals surface area contributed by atoms with E-state index < -0.39 is 0 Å². The Morgan fingerprint density at radius 3 is 3.06 bits per heavy atom. The van der Waals surface area contributed by atoms with Crippen molar-refractivity contribution >= 4 is 11.6 Å². The van der Waals surface area contributed by atoms with Crippen LogP contribution < -0.4 is 10.6 Å². The predicted octanol–water partition coefficient (Wildman–Crippen LogP) is 2.43. The van der Waals surface area contributed by atoms with Crippen molar-refractivity contribution < 1.29 is 4.79 Å². The molecule has 0 radical (unpaired) electrons. The summed E-state index contributed by atoms with van der Waals surface area (Å²) in [7, 11) is 0. The van der Waals surface area contributed by atoms with E-state index in [4.69, 9.17) is 0 Å². The summed E-state index contributed by atoms with van der Waals surface area (Å²) in [6, 6.07) is 8.22. The van der Waals surface area contributed by atoms with Crippen LogP contribution >= 0.6 is 0 Å². The molecule has 3 nitrogen and oxygen atoms in total. The Hall–Kier alpha value is -1.51. The molecule has 1 amide bonds. The van der Waals surface area contributed by atoms with Crippen LogP contribution in [0.5, 0.6) is 0 Å². The van der Waals surface area contributed by atoms with Gasteiger partial charge in [0.15, 0.2) is 0 Å². The van der Waals surface area contributed by atoms with E-state index in [1.807, 2.05) is 12.1 Å². The van der Waals surface area contributed by atoms with E-state index in [-0.39, 0.29) is 11.8 Å². The van der Waals surface area contributed by atoms with Crippen molar-refractivity contribution in [1.82, 2.24) is 5.32 Å². The fraction of sp³-hybridized carbons (Fsp3) is 0.533. The predicted molar refractivity (Wildman–Crippen MR) is 74.6 cm³/mol. The van der Waals surface area contributed by atoms with Gasteiger partial charge in [-0.1, -0.05) is 38.5 Å². The highest BCUT2D eigenvalue weighted by atomic mass is 16.1. The largest absolute Gasteiger partial charge is 0.384 e. The lowest BCUT2D eigenvalue weighted by Gasteiger charge is -2.25. The van der Waals surface area contributed by atoms with Gasteiger partial charge in [-0.3, -0.25) is 4.79 Å². The number of carbonyl (C=O) groups is 1. The summed E-state index contributed by atoms with van der Waals surface area (Å²) in [6.45, 7) is 5.83. The average Bonchev–Trinajstić information content (AvgIpc) is 2.43. The molecule has 1 aromatic carbocycles. The number of rotatable bonds is 4. The van der Waals surface area contributed by atoms with Crippen molar-refractivity contribution in [3.05, 3.63) is 29.8 Å². The molecule has 2 unspecified atom stereocenters. The first kappa shape index (κ1) is 12.9. The minimum atomic E-state index is 0.0592. The molecule has 1 aliphatic rings. The van der Waals surface area contributed by atoms with Gasteiger partial charge in [0, 0.05) is 18.8 Å². The van der Waals surface area contributed by atoms with Gasteiger partial charge in [0.1, 0.15) is 0 Å². The van der Waals surface area contributed by atoms with Gasteiger partial charge >= 0.3 is 0 Å². The highest BCUT2D eigenvalue weighted by Gasteiger charge is 2.23. The van der Waals surface area contributed by atoms with Gasteiger partial charge in [0.2, 0.25) is 5.91 Å². The second kappa shape index (κ2) is 5.89. The van der Waals surface area contributed by atoms with Gasteiger partial charge < -0.3 is 10.6 Å². The Morgan fingerprint density at radius 1 is 1.50 bits per heavy atom. The number of hydrogen-bond acceptors (Lipinski definition) is 2. The van der Waals surface area contributed by atoms with Gasteiger partial charge in [-0.2, -0.15) is 0 Å². The van der Waals surface area contributed by atoms with Crippen LogP contribution in [0.15, 0.2) is 24.3 Å². The zero-order chi connectivity index (χ0) is 13.0. The molecule has 1 aliphatic heterocycles. The number of benzene rings is 1. The topological polar surface area (TPSA) is 41.1 Å². The molecule has 2 atom stereocenters. The van der Waals surface area contributed by atoms with E-state index in [0.29, 0.717) is 5.92 Å². The van der Waals surface area contributed by atoms with Gasteiger partial charge in [0.05, 0.1) is 5.92 Å². The quantitative estimate of drug-likeness (QED) is 0.856. The number of hydrogen-bond donors (Lipinski definition) is 2. The normalized spacial score (nSPS) is 19.6. The Morgan fingerprint density at radius 2 is 2.28 bits per heavy atom. The fourth-order valence-electron chi connectivity index (χ4n) is 2.19. The summed E-state index contributed by atoms with van der Waals surface area (Å²) in [5, 5.41) is 6.39. The SMILES string of the molecule is CCC(C)CNC(=O)C1CNc2ccccc2C1. The lowest BCUT2D eigenvalue weighted by molar-refractivity contribution is -0.124. The minimum Gasteiger partial charge on any atom is -0.384 e. The van der Waals surface area contributed by atoms with Crippen LogP contribution in [0, 0.1) is 11.8 Å². The number of amides is 1. The number of anilines is 1. The molecule has 0 fully saturated rings. The van der Waals surface area contributed by atoms with Crippen molar-refractivity contribution in [3.63, 3.8) is 0 Å². The van der Waals surface area contributed by atoms with Crippen LogP contribution in [0.1, 0.15) is 25.8 Å². The maximum Gasteiger partial charge on any atom is 0.225 e. The van der Waals surface area contributed by atoms with Crippen molar-refractivity contribution in [2.75, 3.05) is 18.4 Å². The van der Waals surface area contributed by atoms with E-state index in [1.54, 1.807) is 0 Å². The molecule has 0 bridgehead atoms. The van der Waals surface area contributed by atoms with Gasteiger partial charge in [-0.25, -0.2) is 0 Å². The van der Waals surface area contributed by atoms with Crippen LogP contribution in [-0.4, -0.2) is 19.0 Å². The van der Waals surface area contributed by atoms with Gasteiger partial charge in [-0.15, -0.1) is 0 Å². The standard InChI is InChI=1S/C15H22N2O/c1-3-11(2)9-17-15(18)13-8-12-6-4-5-7-14(12)16-10-13/h4-7,11,13,16H,3,8-10H2,1-2H3,(H,17,18). The maximum absolute atomic E-state index is 12.1. The molecule has 0 aromatic heterocycles. The monoisotopic (exact) mass is 246 g/mol. The zero-order valence-corrected chi connectivity index (χ0v) is 11.2. The molecular weight excluding hydrogens is 224 g/mol. The summed E-state index contributed by atoms with van der Waals surface area (Å²) in [6.07, 6.45) is 1.95. The van der Waals surface area contributed by atoms with Crippen LogP contribution in [0.25, 0.3) is 0 Å². The molecule has 0 spiro atoms. The smallest absolute Gasteiger partial charge is 0.225 e. The first-order valence-electron chi connectivity index (χ1n) is 6.80. The van der Waals surface area contributed by atoms with Gasteiger partial charge in [-0.05, 0) is 24.0 Å². The van der Waals surface area contributed by atoms with Crippen molar-refractivity contribution in [2.24, 2.45) is 11.8 Å². The van der Waals surface area contributed by atoms with Crippen molar-refractivity contribution in [1.29, 1.82) is 0 Å². The van der Waals surface area contributed by atoms with E-state index in [1.165, 1.54) is 11.3 Å². The highest BCUT2D eigenvalue weighted by Crippen LogP contribution is 2.24. The molecule has 0 saturated heterocycles. The second-order valence-electron chi connectivity index (χ2n) is 5.20. The summed E-state index contributed by atoms with van der Waals surface area (Å²) >= 11 is 0. The maximum atomic E-state index is 12.1.